The Kier molecular flexibility index (Phi) is 5.75. The van der Waals surface area contributed by atoms with E-state index in [1.165, 1.54) is 0 Å². The molecule has 2 aliphatic rings. The second-order valence-corrected chi connectivity index (χ2v) is 7.12. The van der Waals surface area contributed by atoms with E-state index < -0.39 is 0 Å². The fourth-order valence-electron chi connectivity index (χ4n) is 3.55. The van der Waals surface area contributed by atoms with E-state index in [4.69, 9.17) is 9.73 Å². The number of H-pyrrole nitrogens is 1. The van der Waals surface area contributed by atoms with Crippen LogP contribution in [-0.4, -0.2) is 69.0 Å². The van der Waals surface area contributed by atoms with Gasteiger partial charge in [-0.1, -0.05) is 12.0 Å². The number of morpholine rings is 1. The molecule has 0 spiro atoms. The van der Waals surface area contributed by atoms with Gasteiger partial charge in [-0.15, -0.1) is 0 Å². The summed E-state index contributed by atoms with van der Waals surface area (Å²) in [5.74, 6) is 6.38. The maximum absolute atomic E-state index is 12.5. The molecule has 4 rings (SSSR count). The summed E-state index contributed by atoms with van der Waals surface area (Å²) in [6.45, 7) is 4.31. The third-order valence-electron chi connectivity index (χ3n) is 5.22. The van der Waals surface area contributed by atoms with Crippen molar-refractivity contribution in [1.82, 2.24) is 9.88 Å². The van der Waals surface area contributed by atoms with E-state index in [1.54, 1.807) is 0 Å². The molecule has 2 aromatic rings. The van der Waals surface area contributed by atoms with E-state index in [0.717, 1.165) is 60.5 Å². The van der Waals surface area contributed by atoms with Gasteiger partial charge in [-0.2, -0.15) is 0 Å². The fraction of sp³-hybridized carbons (Fsp3) is 0.409. The summed E-state index contributed by atoms with van der Waals surface area (Å²) in [5, 5.41) is 1.12. The highest BCUT2D eigenvalue weighted by atomic mass is 19.1. The molecular formula is C22H27FN4O. The van der Waals surface area contributed by atoms with Crippen LogP contribution in [0.3, 0.4) is 0 Å². The predicted octanol–water partition coefficient (Wildman–Crippen LogP) is 1.18. The minimum absolute atomic E-state index is 0. The van der Waals surface area contributed by atoms with Crippen molar-refractivity contribution in [2.24, 2.45) is 4.99 Å². The van der Waals surface area contributed by atoms with E-state index in [0.29, 0.717) is 12.6 Å². The smallest absolute Gasteiger partial charge is 0.133 e. The number of nitrogens with one attached hydrogen (secondary N) is 1. The van der Waals surface area contributed by atoms with Crippen LogP contribution in [0.15, 0.2) is 35.3 Å². The lowest BCUT2D eigenvalue weighted by Crippen LogP contribution is -2.47. The van der Waals surface area contributed by atoms with Crippen LogP contribution < -0.4 is 15.6 Å². The molecule has 1 atom stereocenters. The van der Waals surface area contributed by atoms with Crippen LogP contribution in [0.2, 0.25) is 0 Å². The zero-order valence-electron chi connectivity index (χ0n) is 16.1. The van der Waals surface area contributed by atoms with Gasteiger partial charge in [0, 0.05) is 50.6 Å². The van der Waals surface area contributed by atoms with Crippen molar-refractivity contribution < 1.29 is 10.6 Å². The topological polar surface area (TPSA) is 43.9 Å². The molecule has 2 aliphatic heterocycles. The lowest BCUT2D eigenvalue weighted by Gasteiger charge is -2.32. The zero-order valence-corrected chi connectivity index (χ0v) is 16.1. The molecular weight excluding hydrogens is 355 g/mol. The maximum atomic E-state index is 12.5. The highest BCUT2D eigenvalue weighted by Gasteiger charge is 2.20. The van der Waals surface area contributed by atoms with Crippen LogP contribution in [0.4, 0.5) is 10.1 Å². The number of aromatic nitrogens is 1. The molecule has 0 aliphatic carbocycles. The third-order valence-corrected chi connectivity index (χ3v) is 5.22. The standard InChI is InChI=1S/C22H25FN4O.H2/c1-26(9-8-23)20-6-3-17(4-7-20)2-5-19-14-18-15-21(16-24-22(18)25-19)27-10-12-28-13-11-27;/h3-4,6-7,14-15,21H,8-13,16H2,1H3,(H,24,25);1H. The Labute approximate surface area is 166 Å². The van der Waals surface area contributed by atoms with Crippen LogP contribution in [0, 0.1) is 11.8 Å². The van der Waals surface area contributed by atoms with Gasteiger partial charge in [0.2, 0.25) is 0 Å². The highest BCUT2D eigenvalue weighted by Crippen LogP contribution is 2.13. The first-order valence-electron chi connectivity index (χ1n) is 9.69. The Balaban J connectivity index is 0.00000240. The number of fused-ring (bicyclic) bond motifs is 1. The van der Waals surface area contributed by atoms with Crippen molar-refractivity contribution >= 4 is 11.8 Å². The number of aromatic amines is 1. The van der Waals surface area contributed by atoms with Crippen molar-refractivity contribution in [1.29, 1.82) is 0 Å². The largest absolute Gasteiger partial charge is 0.379 e. The lowest BCUT2D eigenvalue weighted by molar-refractivity contribution is 0.0293. The van der Waals surface area contributed by atoms with E-state index in [2.05, 4.69) is 33.9 Å². The van der Waals surface area contributed by atoms with Crippen LogP contribution in [0.5, 0.6) is 0 Å². The minimum Gasteiger partial charge on any atom is -0.379 e. The number of hydrogen-bond acceptors (Lipinski definition) is 4. The molecule has 1 fully saturated rings. The highest BCUT2D eigenvalue weighted by molar-refractivity contribution is 5.51. The molecule has 0 radical (unpaired) electrons. The van der Waals surface area contributed by atoms with E-state index in [-0.39, 0.29) is 8.10 Å². The van der Waals surface area contributed by atoms with Crippen LogP contribution in [-0.2, 0) is 4.74 Å². The number of nitrogens with zero attached hydrogens (tertiary/aromatic N) is 3. The summed E-state index contributed by atoms with van der Waals surface area (Å²) in [5.41, 5.74) is 3.70. The molecule has 1 aromatic carbocycles. The van der Waals surface area contributed by atoms with Gasteiger partial charge in [0.25, 0.3) is 0 Å². The molecule has 5 nitrogen and oxygen atoms in total. The Bertz CT molecular complexity index is 987. The molecule has 0 saturated carbocycles. The second-order valence-electron chi connectivity index (χ2n) is 7.12. The van der Waals surface area contributed by atoms with E-state index in [1.807, 2.05) is 36.2 Å². The SMILES string of the molecule is CN(CCF)c1ccc(C#Cc2cc3c([nH]2)=NCC(N2CCOCC2)C=3)cc1.[HH]. The second kappa shape index (κ2) is 8.59. The number of anilines is 1. The summed E-state index contributed by atoms with van der Waals surface area (Å²) < 4.78 is 17.9. The summed E-state index contributed by atoms with van der Waals surface area (Å²) in [4.78, 5) is 12.3. The van der Waals surface area contributed by atoms with Gasteiger partial charge >= 0.3 is 0 Å². The van der Waals surface area contributed by atoms with E-state index in [9.17, 15) is 4.39 Å². The van der Waals surface area contributed by atoms with Crippen molar-refractivity contribution in [3.8, 4) is 11.8 Å². The summed E-state index contributed by atoms with van der Waals surface area (Å²) in [7, 11) is 1.88. The molecule has 0 bridgehead atoms. The number of alkyl halides is 1. The zero-order chi connectivity index (χ0) is 19.3. The minimum atomic E-state index is -0.357. The van der Waals surface area contributed by atoms with Crippen molar-refractivity contribution in [2.75, 3.05) is 58.0 Å². The van der Waals surface area contributed by atoms with Gasteiger partial charge in [0.05, 0.1) is 25.5 Å². The van der Waals surface area contributed by atoms with Gasteiger partial charge in [-0.05, 0) is 36.3 Å². The monoisotopic (exact) mass is 382 g/mol. The van der Waals surface area contributed by atoms with Crippen molar-refractivity contribution in [3.05, 3.63) is 52.3 Å². The number of rotatable bonds is 4. The van der Waals surface area contributed by atoms with Crippen LogP contribution in [0.25, 0.3) is 6.08 Å². The van der Waals surface area contributed by atoms with Gasteiger partial charge in [0.1, 0.15) is 12.2 Å². The quantitative estimate of drug-likeness (QED) is 0.808. The van der Waals surface area contributed by atoms with Crippen molar-refractivity contribution in [3.63, 3.8) is 0 Å². The Morgan fingerprint density at radius 1 is 1.29 bits per heavy atom. The molecule has 1 aromatic heterocycles. The Hall–Kier alpha value is -2.62. The van der Waals surface area contributed by atoms with Crippen LogP contribution in [0.1, 0.15) is 12.7 Å². The summed E-state index contributed by atoms with van der Waals surface area (Å²) >= 11 is 0. The lowest BCUT2D eigenvalue weighted by atomic mass is 10.1. The molecule has 1 unspecified atom stereocenters. The molecule has 28 heavy (non-hydrogen) atoms. The third kappa shape index (κ3) is 4.27. The average molecular weight is 382 g/mol. The normalized spacial score (nSPS) is 19.0. The van der Waals surface area contributed by atoms with Crippen molar-refractivity contribution in [2.45, 2.75) is 6.04 Å². The molecule has 148 valence electrons. The van der Waals surface area contributed by atoms with E-state index >= 15 is 0 Å². The summed E-state index contributed by atoms with van der Waals surface area (Å²) in [6.07, 6.45) is 2.28. The average Bonchev–Trinajstić information content (AvgIpc) is 3.15. The number of hydrogen-bond donors (Lipinski definition) is 1. The predicted molar refractivity (Wildman–Crippen MR) is 111 cm³/mol. The summed E-state index contributed by atoms with van der Waals surface area (Å²) in [6, 6.07) is 10.3. The fourth-order valence-corrected chi connectivity index (χ4v) is 3.55. The molecule has 1 saturated heterocycles. The van der Waals surface area contributed by atoms with Crippen LogP contribution >= 0.6 is 0 Å². The molecule has 6 heteroatoms. The van der Waals surface area contributed by atoms with Gasteiger partial charge in [-0.25, -0.2) is 4.39 Å². The number of ether oxygens (including phenoxy) is 1. The first-order valence-corrected chi connectivity index (χ1v) is 9.69. The van der Waals surface area contributed by atoms with Gasteiger partial charge < -0.3 is 14.6 Å². The Morgan fingerprint density at radius 2 is 2.07 bits per heavy atom. The molecule has 0 amide bonds. The first-order chi connectivity index (χ1) is 13.7. The molecule has 1 N–H and O–H groups in total. The molecule has 3 heterocycles. The first kappa shape index (κ1) is 18.7. The van der Waals surface area contributed by atoms with Gasteiger partial charge in [-0.3, -0.25) is 9.89 Å². The van der Waals surface area contributed by atoms with Gasteiger partial charge in [0.15, 0.2) is 0 Å². The number of benzene rings is 1. The number of halogens is 1. The Morgan fingerprint density at radius 3 is 2.82 bits per heavy atom. The maximum Gasteiger partial charge on any atom is 0.133 e.